The van der Waals surface area contributed by atoms with Crippen LogP contribution in [0.5, 0.6) is 11.8 Å². The van der Waals surface area contributed by atoms with Gasteiger partial charge in [-0.2, -0.15) is 5.26 Å². The molecule has 0 bridgehead atoms. The van der Waals surface area contributed by atoms with E-state index in [0.717, 1.165) is 0 Å². The molecule has 0 saturated heterocycles. The normalized spacial score (nSPS) is 9.50. The van der Waals surface area contributed by atoms with Crippen LogP contribution >= 0.6 is 11.6 Å². The van der Waals surface area contributed by atoms with E-state index in [1.54, 1.807) is 36.4 Å². The Labute approximate surface area is 97.1 Å². The van der Waals surface area contributed by atoms with Gasteiger partial charge in [0.15, 0.2) is 0 Å². The molecule has 5 heteroatoms. The molecule has 0 fully saturated rings. The number of rotatable bonds is 2. The van der Waals surface area contributed by atoms with Gasteiger partial charge in [0.05, 0.1) is 0 Å². The molecule has 0 unspecified atom stereocenters. The second-order valence-corrected chi connectivity index (χ2v) is 3.26. The van der Waals surface area contributed by atoms with Crippen LogP contribution in [0.25, 0.3) is 0 Å². The molecule has 2 aromatic heterocycles. The standard InChI is InChI=1S/C11H6ClN3O/c12-9-4-2-6-11(15-9)16-10-5-1-3-8(7-13)14-10/h1-6H. The highest BCUT2D eigenvalue weighted by atomic mass is 35.5. The molecule has 2 heterocycles. The third kappa shape index (κ3) is 2.47. The fourth-order valence-electron chi connectivity index (χ4n) is 1.09. The van der Waals surface area contributed by atoms with Crippen molar-refractivity contribution in [1.29, 1.82) is 5.26 Å². The molecule has 0 aliphatic heterocycles. The quantitative estimate of drug-likeness (QED) is 0.746. The van der Waals surface area contributed by atoms with Crippen LogP contribution in [0, 0.1) is 11.3 Å². The zero-order valence-electron chi connectivity index (χ0n) is 8.09. The molecule has 0 saturated carbocycles. The second-order valence-electron chi connectivity index (χ2n) is 2.87. The molecular weight excluding hydrogens is 226 g/mol. The molecular formula is C11H6ClN3O. The molecule has 0 atom stereocenters. The van der Waals surface area contributed by atoms with Crippen LogP contribution in [0.2, 0.25) is 5.15 Å². The van der Waals surface area contributed by atoms with Crippen molar-refractivity contribution in [2.75, 3.05) is 0 Å². The third-order valence-electron chi connectivity index (χ3n) is 1.74. The largest absolute Gasteiger partial charge is 0.421 e. The van der Waals surface area contributed by atoms with Gasteiger partial charge in [0.2, 0.25) is 11.8 Å². The van der Waals surface area contributed by atoms with Gasteiger partial charge in [-0.3, -0.25) is 0 Å². The van der Waals surface area contributed by atoms with Crippen molar-refractivity contribution in [3.05, 3.63) is 47.2 Å². The fourth-order valence-corrected chi connectivity index (χ4v) is 1.24. The monoisotopic (exact) mass is 231 g/mol. The molecule has 0 aliphatic carbocycles. The summed E-state index contributed by atoms with van der Waals surface area (Å²) in [5, 5.41) is 9.01. The molecule has 0 N–H and O–H groups in total. The van der Waals surface area contributed by atoms with E-state index < -0.39 is 0 Å². The van der Waals surface area contributed by atoms with E-state index >= 15 is 0 Å². The molecule has 78 valence electrons. The summed E-state index contributed by atoms with van der Waals surface area (Å²) in [4.78, 5) is 7.89. The first-order valence-electron chi connectivity index (χ1n) is 4.45. The summed E-state index contributed by atoms with van der Waals surface area (Å²) >= 11 is 5.71. The summed E-state index contributed by atoms with van der Waals surface area (Å²) in [6.07, 6.45) is 0. The van der Waals surface area contributed by atoms with Crippen LogP contribution in [0.15, 0.2) is 36.4 Å². The Hall–Kier alpha value is -2.12. The second kappa shape index (κ2) is 4.60. The van der Waals surface area contributed by atoms with E-state index in [-0.39, 0.29) is 0 Å². The summed E-state index contributed by atoms with van der Waals surface area (Å²) in [7, 11) is 0. The average Bonchev–Trinajstić information content (AvgIpc) is 2.29. The van der Waals surface area contributed by atoms with Crippen LogP contribution in [0.4, 0.5) is 0 Å². The number of pyridine rings is 2. The molecule has 0 aliphatic rings. The highest BCUT2D eigenvalue weighted by Crippen LogP contribution is 2.18. The topological polar surface area (TPSA) is 58.8 Å². The van der Waals surface area contributed by atoms with E-state index in [2.05, 4.69) is 9.97 Å². The van der Waals surface area contributed by atoms with Crippen molar-refractivity contribution in [3.8, 4) is 17.8 Å². The van der Waals surface area contributed by atoms with Crippen molar-refractivity contribution < 1.29 is 4.74 Å². The maximum absolute atomic E-state index is 8.67. The minimum atomic E-state index is 0.291. The minimum Gasteiger partial charge on any atom is -0.421 e. The number of hydrogen-bond acceptors (Lipinski definition) is 4. The van der Waals surface area contributed by atoms with Gasteiger partial charge in [-0.1, -0.05) is 23.7 Å². The lowest BCUT2D eigenvalue weighted by Crippen LogP contribution is -1.91. The van der Waals surface area contributed by atoms with E-state index in [9.17, 15) is 0 Å². The highest BCUT2D eigenvalue weighted by Gasteiger charge is 2.01. The number of nitriles is 1. The summed E-state index contributed by atoms with van der Waals surface area (Å²) < 4.78 is 5.34. The zero-order chi connectivity index (χ0) is 11.4. The van der Waals surface area contributed by atoms with E-state index in [4.69, 9.17) is 21.6 Å². The summed E-state index contributed by atoms with van der Waals surface area (Å²) in [6, 6.07) is 11.9. The maximum atomic E-state index is 8.67. The lowest BCUT2D eigenvalue weighted by molar-refractivity contribution is 0.444. The Morgan fingerprint density at radius 3 is 2.44 bits per heavy atom. The van der Waals surface area contributed by atoms with Crippen LogP contribution in [-0.4, -0.2) is 9.97 Å². The van der Waals surface area contributed by atoms with Crippen molar-refractivity contribution in [2.45, 2.75) is 0 Å². The predicted octanol–water partition coefficient (Wildman–Crippen LogP) is 2.79. The lowest BCUT2D eigenvalue weighted by Gasteiger charge is -2.03. The fraction of sp³-hybridized carbons (Fsp3) is 0. The minimum absolute atomic E-state index is 0.291. The lowest BCUT2D eigenvalue weighted by atomic mass is 10.4. The number of hydrogen-bond donors (Lipinski definition) is 0. The van der Waals surface area contributed by atoms with Gasteiger partial charge in [-0.15, -0.1) is 0 Å². The molecule has 2 aromatic rings. The zero-order valence-corrected chi connectivity index (χ0v) is 8.85. The Morgan fingerprint density at radius 2 is 1.75 bits per heavy atom. The molecule has 0 aromatic carbocycles. The predicted molar refractivity (Wildman–Crippen MR) is 58.3 cm³/mol. The summed E-state index contributed by atoms with van der Waals surface area (Å²) in [5.41, 5.74) is 0.291. The first-order valence-corrected chi connectivity index (χ1v) is 4.83. The molecule has 0 spiro atoms. The van der Waals surface area contributed by atoms with Crippen molar-refractivity contribution in [3.63, 3.8) is 0 Å². The smallest absolute Gasteiger partial charge is 0.222 e. The van der Waals surface area contributed by atoms with Gasteiger partial charge in [-0.25, -0.2) is 9.97 Å². The summed E-state index contributed by atoms with van der Waals surface area (Å²) in [5.74, 6) is 0.656. The van der Waals surface area contributed by atoms with Gasteiger partial charge in [-0.05, 0) is 12.1 Å². The van der Waals surface area contributed by atoms with Crippen LogP contribution in [0.1, 0.15) is 5.69 Å². The Balaban J connectivity index is 2.24. The molecule has 2 rings (SSSR count). The Morgan fingerprint density at radius 1 is 1.06 bits per heavy atom. The Kier molecular flexibility index (Phi) is 2.99. The molecule has 4 nitrogen and oxygen atoms in total. The van der Waals surface area contributed by atoms with Crippen LogP contribution in [-0.2, 0) is 0 Å². The number of ether oxygens (including phenoxy) is 1. The van der Waals surface area contributed by atoms with Gasteiger partial charge >= 0.3 is 0 Å². The number of aromatic nitrogens is 2. The average molecular weight is 232 g/mol. The number of halogens is 1. The first kappa shape index (κ1) is 10.4. The Bertz CT molecular complexity index is 551. The van der Waals surface area contributed by atoms with Gasteiger partial charge < -0.3 is 4.74 Å². The maximum Gasteiger partial charge on any atom is 0.222 e. The van der Waals surface area contributed by atoms with Gasteiger partial charge in [0.1, 0.15) is 16.9 Å². The van der Waals surface area contributed by atoms with E-state index in [0.29, 0.717) is 22.6 Å². The van der Waals surface area contributed by atoms with Gasteiger partial charge in [0, 0.05) is 12.1 Å². The molecule has 0 radical (unpaired) electrons. The highest BCUT2D eigenvalue weighted by molar-refractivity contribution is 6.29. The summed E-state index contributed by atoms with van der Waals surface area (Å²) in [6.45, 7) is 0. The van der Waals surface area contributed by atoms with Gasteiger partial charge in [0.25, 0.3) is 0 Å². The first-order chi connectivity index (χ1) is 7.78. The van der Waals surface area contributed by atoms with Crippen LogP contribution < -0.4 is 4.74 Å². The van der Waals surface area contributed by atoms with Crippen molar-refractivity contribution >= 4 is 11.6 Å². The molecule has 0 amide bonds. The van der Waals surface area contributed by atoms with Crippen molar-refractivity contribution in [1.82, 2.24) is 9.97 Å². The SMILES string of the molecule is N#Cc1cccc(Oc2cccc(Cl)n2)n1. The van der Waals surface area contributed by atoms with Crippen LogP contribution in [0.3, 0.4) is 0 Å². The molecule has 16 heavy (non-hydrogen) atoms. The van der Waals surface area contributed by atoms with Crippen molar-refractivity contribution in [2.24, 2.45) is 0 Å². The number of nitrogens with zero attached hydrogens (tertiary/aromatic N) is 3. The third-order valence-corrected chi connectivity index (χ3v) is 1.95. The van der Waals surface area contributed by atoms with E-state index in [1.807, 2.05) is 6.07 Å². The van der Waals surface area contributed by atoms with E-state index in [1.165, 1.54) is 0 Å².